The molecule has 9 heavy (non-hydrogen) atoms. The van der Waals surface area contributed by atoms with E-state index in [1.54, 1.807) is 6.07 Å². The third kappa shape index (κ3) is 1.18. The molecule has 6 heteroatoms. The maximum atomic E-state index is 10.3. The Labute approximate surface area is 52.9 Å². The largest absolute Gasteiger partial charge is 0.278 e. The van der Waals surface area contributed by atoms with E-state index >= 15 is 0 Å². The number of hydrogen-bond acceptors (Lipinski definition) is 3. The van der Waals surface area contributed by atoms with Crippen molar-refractivity contribution in [2.45, 2.75) is 6.04 Å². The van der Waals surface area contributed by atoms with Crippen LogP contribution in [0.4, 0.5) is 0 Å². The SMILES string of the molecule is N#CC1CN1S(N)(=O)=O. The number of nitriles is 1. The van der Waals surface area contributed by atoms with Gasteiger partial charge in [-0.1, -0.05) is 0 Å². The van der Waals surface area contributed by atoms with Gasteiger partial charge >= 0.3 is 0 Å². The highest BCUT2D eigenvalue weighted by atomic mass is 32.2. The van der Waals surface area contributed by atoms with Crippen molar-refractivity contribution in [3.8, 4) is 6.07 Å². The average molecular weight is 147 g/mol. The minimum atomic E-state index is -3.58. The van der Waals surface area contributed by atoms with E-state index in [2.05, 4.69) is 5.14 Å². The molecule has 0 saturated carbocycles. The van der Waals surface area contributed by atoms with Gasteiger partial charge in [-0.05, 0) is 0 Å². The molecule has 0 aliphatic carbocycles. The second-order valence-corrected chi connectivity index (χ2v) is 3.26. The van der Waals surface area contributed by atoms with Crippen LogP contribution in [0.3, 0.4) is 0 Å². The summed E-state index contributed by atoms with van der Waals surface area (Å²) in [6.07, 6.45) is 0. The van der Waals surface area contributed by atoms with Crippen molar-refractivity contribution < 1.29 is 8.42 Å². The Morgan fingerprint density at radius 3 is 2.44 bits per heavy atom. The molecule has 0 spiro atoms. The molecule has 0 radical (unpaired) electrons. The molecule has 1 aliphatic rings. The number of nitrogens with two attached hydrogens (primary N) is 1. The summed E-state index contributed by atoms with van der Waals surface area (Å²) in [5.41, 5.74) is 0. The fourth-order valence-corrected chi connectivity index (χ4v) is 1.26. The van der Waals surface area contributed by atoms with E-state index in [0.717, 1.165) is 4.31 Å². The molecule has 1 rings (SSSR count). The fraction of sp³-hybridized carbons (Fsp3) is 0.667. The van der Waals surface area contributed by atoms with Crippen LogP contribution in [0.25, 0.3) is 0 Å². The Morgan fingerprint density at radius 2 is 2.33 bits per heavy atom. The van der Waals surface area contributed by atoms with Crippen LogP contribution in [0.1, 0.15) is 0 Å². The molecule has 2 N–H and O–H groups in total. The lowest BCUT2D eigenvalue weighted by Crippen LogP contribution is -2.22. The first-order chi connectivity index (χ1) is 4.05. The summed E-state index contributed by atoms with van der Waals surface area (Å²) in [4.78, 5) is 0. The van der Waals surface area contributed by atoms with Crippen molar-refractivity contribution in [3.63, 3.8) is 0 Å². The zero-order valence-corrected chi connectivity index (χ0v) is 5.30. The second-order valence-electron chi connectivity index (χ2n) is 1.76. The highest BCUT2D eigenvalue weighted by Crippen LogP contribution is 2.17. The van der Waals surface area contributed by atoms with Gasteiger partial charge in [0.2, 0.25) is 0 Å². The van der Waals surface area contributed by atoms with Crippen molar-refractivity contribution in [2.75, 3.05) is 6.54 Å². The first-order valence-electron chi connectivity index (χ1n) is 2.25. The topological polar surface area (TPSA) is 87.0 Å². The molecule has 1 aliphatic heterocycles. The summed E-state index contributed by atoms with van der Waals surface area (Å²) >= 11 is 0. The van der Waals surface area contributed by atoms with E-state index in [-0.39, 0.29) is 6.54 Å². The molecule has 1 saturated heterocycles. The molecule has 2 unspecified atom stereocenters. The standard InChI is InChI=1S/C3H5N3O2S/c4-1-3-2-6(3)9(5,7)8/h3H,2H2,(H2,5,7,8). The third-order valence-electron chi connectivity index (χ3n) is 1.04. The van der Waals surface area contributed by atoms with Gasteiger partial charge in [0.1, 0.15) is 6.04 Å². The summed E-state index contributed by atoms with van der Waals surface area (Å²) in [7, 11) is -3.58. The summed E-state index contributed by atoms with van der Waals surface area (Å²) < 4.78 is 21.6. The third-order valence-corrected chi connectivity index (χ3v) is 2.10. The highest BCUT2D eigenvalue weighted by molar-refractivity contribution is 7.87. The first kappa shape index (κ1) is 6.48. The zero-order chi connectivity index (χ0) is 7.07. The van der Waals surface area contributed by atoms with E-state index in [1.165, 1.54) is 0 Å². The number of rotatable bonds is 1. The lowest BCUT2D eigenvalue weighted by molar-refractivity contribution is 0.561. The van der Waals surface area contributed by atoms with Crippen molar-refractivity contribution >= 4 is 10.2 Å². The maximum absolute atomic E-state index is 10.3. The first-order valence-corrected chi connectivity index (χ1v) is 3.75. The van der Waals surface area contributed by atoms with Crippen LogP contribution in [-0.4, -0.2) is 25.3 Å². The quantitative estimate of drug-likeness (QED) is 0.453. The van der Waals surface area contributed by atoms with Gasteiger partial charge in [-0.2, -0.15) is 18.0 Å². The maximum Gasteiger partial charge on any atom is 0.278 e. The van der Waals surface area contributed by atoms with Crippen LogP contribution in [0.5, 0.6) is 0 Å². The minimum absolute atomic E-state index is 0.245. The molecular formula is C3H5N3O2S. The van der Waals surface area contributed by atoms with Crippen molar-refractivity contribution in [1.29, 1.82) is 5.26 Å². The Balaban J connectivity index is 2.66. The van der Waals surface area contributed by atoms with Gasteiger partial charge in [-0.25, -0.2) is 5.14 Å². The average Bonchev–Trinajstić information content (AvgIpc) is 2.39. The van der Waals surface area contributed by atoms with Crippen LogP contribution >= 0.6 is 0 Å². The molecule has 50 valence electrons. The smallest absolute Gasteiger partial charge is 0.216 e. The Bertz CT molecular complexity index is 251. The second kappa shape index (κ2) is 1.67. The predicted octanol–water partition coefficient (Wildman–Crippen LogP) is -1.60. The van der Waals surface area contributed by atoms with Crippen molar-refractivity contribution in [3.05, 3.63) is 0 Å². The Kier molecular flexibility index (Phi) is 1.20. The van der Waals surface area contributed by atoms with Crippen LogP contribution in [-0.2, 0) is 10.2 Å². The monoisotopic (exact) mass is 147 g/mol. The summed E-state index contributed by atoms with van der Waals surface area (Å²) in [6, 6.07) is 1.25. The highest BCUT2D eigenvalue weighted by Gasteiger charge is 2.42. The van der Waals surface area contributed by atoms with Crippen LogP contribution in [0.15, 0.2) is 0 Å². The molecule has 0 aromatic carbocycles. The predicted molar refractivity (Wildman–Crippen MR) is 29.2 cm³/mol. The number of nitrogens with zero attached hydrogens (tertiary/aromatic N) is 2. The molecule has 1 heterocycles. The van der Waals surface area contributed by atoms with Crippen molar-refractivity contribution in [1.82, 2.24) is 4.31 Å². The minimum Gasteiger partial charge on any atom is -0.216 e. The van der Waals surface area contributed by atoms with Gasteiger partial charge < -0.3 is 0 Å². The van der Waals surface area contributed by atoms with Gasteiger partial charge in [0.15, 0.2) is 0 Å². The molecular weight excluding hydrogens is 142 g/mol. The van der Waals surface area contributed by atoms with Crippen molar-refractivity contribution in [2.24, 2.45) is 5.14 Å². The van der Waals surface area contributed by atoms with E-state index in [9.17, 15) is 8.42 Å². The molecule has 0 bridgehead atoms. The Hall–Kier alpha value is -0.640. The summed E-state index contributed by atoms with van der Waals surface area (Å²) in [5, 5.41) is 12.8. The molecule has 0 aromatic rings. The van der Waals surface area contributed by atoms with E-state index in [0.29, 0.717) is 0 Å². The summed E-state index contributed by atoms with van der Waals surface area (Å²) in [6.45, 7) is 0.245. The molecule has 5 nitrogen and oxygen atoms in total. The summed E-state index contributed by atoms with van der Waals surface area (Å²) in [5.74, 6) is 0. The van der Waals surface area contributed by atoms with E-state index in [1.807, 2.05) is 0 Å². The Morgan fingerprint density at radius 1 is 1.78 bits per heavy atom. The number of hydrogen-bond donors (Lipinski definition) is 1. The van der Waals surface area contributed by atoms with Gasteiger partial charge in [-0.15, -0.1) is 0 Å². The van der Waals surface area contributed by atoms with Gasteiger partial charge in [0.25, 0.3) is 10.2 Å². The zero-order valence-electron chi connectivity index (χ0n) is 4.48. The van der Waals surface area contributed by atoms with Crippen LogP contribution < -0.4 is 5.14 Å². The lowest BCUT2D eigenvalue weighted by Gasteiger charge is -1.91. The molecule has 2 atom stereocenters. The van der Waals surface area contributed by atoms with Gasteiger partial charge in [0, 0.05) is 6.54 Å². The normalized spacial score (nSPS) is 33.3. The van der Waals surface area contributed by atoms with E-state index < -0.39 is 16.3 Å². The fourth-order valence-electron chi connectivity index (χ4n) is 0.510. The van der Waals surface area contributed by atoms with Gasteiger partial charge in [-0.3, -0.25) is 0 Å². The molecule has 1 fully saturated rings. The van der Waals surface area contributed by atoms with Crippen LogP contribution in [0, 0.1) is 11.3 Å². The lowest BCUT2D eigenvalue weighted by atomic mass is 10.6. The van der Waals surface area contributed by atoms with Gasteiger partial charge in [0.05, 0.1) is 6.07 Å². The molecule has 0 aromatic heterocycles. The van der Waals surface area contributed by atoms with E-state index in [4.69, 9.17) is 5.26 Å². The van der Waals surface area contributed by atoms with Crippen LogP contribution in [0.2, 0.25) is 0 Å². The molecule has 0 amide bonds.